The summed E-state index contributed by atoms with van der Waals surface area (Å²) in [5.41, 5.74) is 1.47. The average molecular weight is 352 g/mol. The Bertz CT molecular complexity index is 548. The van der Waals surface area contributed by atoms with Crippen molar-refractivity contribution in [3.05, 3.63) is 28.2 Å². The summed E-state index contributed by atoms with van der Waals surface area (Å²) in [7, 11) is 0. The van der Waals surface area contributed by atoms with Crippen LogP contribution in [0.4, 0.5) is 10.5 Å². The highest BCUT2D eigenvalue weighted by Crippen LogP contribution is 2.24. The van der Waals surface area contributed by atoms with Gasteiger partial charge in [0, 0.05) is 23.6 Å². The van der Waals surface area contributed by atoms with Gasteiger partial charge >= 0.3 is 6.09 Å². The van der Waals surface area contributed by atoms with Gasteiger partial charge in [-0.2, -0.15) is 5.26 Å². The van der Waals surface area contributed by atoms with Crippen LogP contribution in [0.1, 0.15) is 25.3 Å². The second-order valence-corrected chi connectivity index (χ2v) is 5.82. The van der Waals surface area contributed by atoms with E-state index in [1.54, 1.807) is 11.0 Å². The number of benzene rings is 1. The maximum absolute atomic E-state index is 11.6. The van der Waals surface area contributed by atoms with Gasteiger partial charge in [0.2, 0.25) is 0 Å². The first-order valence-corrected chi connectivity index (χ1v) is 7.81. The number of carbonyl (C=O) groups is 1. The lowest BCUT2D eigenvalue weighted by atomic mass is 10.0. The van der Waals surface area contributed by atoms with Gasteiger partial charge in [-0.05, 0) is 38.0 Å². The van der Waals surface area contributed by atoms with E-state index >= 15 is 0 Å². The van der Waals surface area contributed by atoms with Crippen molar-refractivity contribution >= 4 is 27.7 Å². The molecule has 1 aliphatic heterocycles. The monoisotopic (exact) mass is 351 g/mol. The number of rotatable bonds is 3. The highest BCUT2D eigenvalue weighted by atomic mass is 79.9. The van der Waals surface area contributed by atoms with E-state index in [1.807, 2.05) is 19.1 Å². The van der Waals surface area contributed by atoms with Crippen molar-refractivity contribution in [1.82, 2.24) is 4.90 Å². The van der Waals surface area contributed by atoms with Gasteiger partial charge in [-0.25, -0.2) is 4.79 Å². The number of carbonyl (C=O) groups excluding carboxylic acids is 1. The summed E-state index contributed by atoms with van der Waals surface area (Å²) in [6.07, 6.45) is 1.45. The Labute approximate surface area is 133 Å². The molecule has 5 nitrogen and oxygen atoms in total. The van der Waals surface area contributed by atoms with Crippen molar-refractivity contribution in [3.8, 4) is 6.07 Å². The summed E-state index contributed by atoms with van der Waals surface area (Å²) in [5.74, 6) is 0. The quantitative estimate of drug-likeness (QED) is 0.906. The molecule has 0 radical (unpaired) electrons. The van der Waals surface area contributed by atoms with Crippen molar-refractivity contribution in [2.45, 2.75) is 25.8 Å². The molecule has 1 N–H and O–H groups in total. The van der Waals surface area contributed by atoms with E-state index in [0.717, 1.165) is 23.0 Å². The number of hydrogen-bond donors (Lipinski definition) is 1. The van der Waals surface area contributed by atoms with E-state index in [-0.39, 0.29) is 12.1 Å². The summed E-state index contributed by atoms with van der Waals surface area (Å²) in [5, 5.41) is 12.5. The second kappa shape index (κ2) is 7.32. The number of nitrogens with one attached hydrogen (secondary N) is 1. The van der Waals surface area contributed by atoms with Gasteiger partial charge in [0.15, 0.2) is 0 Å². The molecule has 1 amide bonds. The first kappa shape index (κ1) is 15.6. The van der Waals surface area contributed by atoms with E-state index in [4.69, 9.17) is 10.00 Å². The predicted octanol–water partition coefficient (Wildman–Crippen LogP) is 3.35. The van der Waals surface area contributed by atoms with Crippen molar-refractivity contribution in [3.63, 3.8) is 0 Å². The van der Waals surface area contributed by atoms with Crippen LogP contribution in [0.25, 0.3) is 0 Å². The van der Waals surface area contributed by atoms with Gasteiger partial charge in [-0.15, -0.1) is 0 Å². The molecule has 0 bridgehead atoms. The molecule has 1 aromatic rings. The lowest BCUT2D eigenvalue weighted by Crippen LogP contribution is -2.42. The standard InChI is InChI=1S/C15H18BrN3O2/c1-2-21-15(20)19-7-5-13(6-8-19)18-14-9-12(16)4-3-11(14)10-17/h3-4,9,13,18H,2,5-8H2,1H3. The lowest BCUT2D eigenvalue weighted by Gasteiger charge is -2.32. The van der Waals surface area contributed by atoms with E-state index < -0.39 is 0 Å². The predicted molar refractivity (Wildman–Crippen MR) is 84.1 cm³/mol. The van der Waals surface area contributed by atoms with Crippen LogP contribution in [0.2, 0.25) is 0 Å². The maximum Gasteiger partial charge on any atom is 0.409 e. The largest absolute Gasteiger partial charge is 0.450 e. The Morgan fingerprint density at radius 1 is 1.52 bits per heavy atom. The third-order valence-corrected chi connectivity index (χ3v) is 3.98. The smallest absolute Gasteiger partial charge is 0.409 e. The minimum absolute atomic E-state index is 0.240. The number of nitrogens with zero attached hydrogens (tertiary/aromatic N) is 2. The topological polar surface area (TPSA) is 65.4 Å². The molecule has 1 heterocycles. The zero-order valence-electron chi connectivity index (χ0n) is 11.9. The number of ether oxygens (including phenoxy) is 1. The number of nitriles is 1. The number of halogens is 1. The molecule has 112 valence electrons. The van der Waals surface area contributed by atoms with Crippen molar-refractivity contribution < 1.29 is 9.53 Å². The zero-order chi connectivity index (χ0) is 15.2. The second-order valence-electron chi connectivity index (χ2n) is 4.91. The van der Waals surface area contributed by atoms with Gasteiger partial charge in [0.25, 0.3) is 0 Å². The van der Waals surface area contributed by atoms with Crippen LogP contribution in [0.5, 0.6) is 0 Å². The molecule has 0 spiro atoms. The molecule has 6 heteroatoms. The summed E-state index contributed by atoms with van der Waals surface area (Å²) < 4.78 is 5.94. The molecule has 2 rings (SSSR count). The van der Waals surface area contributed by atoms with Crippen LogP contribution in [-0.2, 0) is 4.74 Å². The highest BCUT2D eigenvalue weighted by molar-refractivity contribution is 9.10. The number of likely N-dealkylation sites (tertiary alicyclic amines) is 1. The first-order chi connectivity index (χ1) is 10.1. The summed E-state index contributed by atoms with van der Waals surface area (Å²) in [4.78, 5) is 13.4. The van der Waals surface area contributed by atoms with Gasteiger partial charge in [-0.3, -0.25) is 0 Å². The molecule has 0 unspecified atom stereocenters. The van der Waals surface area contributed by atoms with Crippen LogP contribution >= 0.6 is 15.9 Å². The minimum atomic E-state index is -0.240. The first-order valence-electron chi connectivity index (χ1n) is 7.02. The number of hydrogen-bond acceptors (Lipinski definition) is 4. The number of anilines is 1. The van der Waals surface area contributed by atoms with E-state index in [2.05, 4.69) is 27.3 Å². The zero-order valence-corrected chi connectivity index (χ0v) is 13.5. The minimum Gasteiger partial charge on any atom is -0.450 e. The summed E-state index contributed by atoms with van der Waals surface area (Å²) in [6.45, 7) is 3.56. The summed E-state index contributed by atoms with van der Waals surface area (Å²) in [6, 6.07) is 8.01. The van der Waals surface area contributed by atoms with Gasteiger partial charge in [-0.1, -0.05) is 15.9 Å². The molecular formula is C15H18BrN3O2. The Morgan fingerprint density at radius 2 is 2.24 bits per heavy atom. The highest BCUT2D eigenvalue weighted by Gasteiger charge is 2.23. The molecule has 0 aliphatic carbocycles. The number of piperidine rings is 1. The van der Waals surface area contributed by atoms with E-state index in [0.29, 0.717) is 25.3 Å². The molecule has 1 fully saturated rings. The Kier molecular flexibility index (Phi) is 5.45. The summed E-state index contributed by atoms with van der Waals surface area (Å²) >= 11 is 3.42. The number of amides is 1. The van der Waals surface area contributed by atoms with Crippen molar-refractivity contribution in [1.29, 1.82) is 5.26 Å². The van der Waals surface area contributed by atoms with Crippen LogP contribution in [-0.4, -0.2) is 36.7 Å². The fraction of sp³-hybridized carbons (Fsp3) is 0.467. The normalized spacial score (nSPS) is 15.4. The third kappa shape index (κ3) is 4.11. The third-order valence-electron chi connectivity index (χ3n) is 3.48. The van der Waals surface area contributed by atoms with Crippen LogP contribution in [0.3, 0.4) is 0 Å². The fourth-order valence-corrected chi connectivity index (χ4v) is 2.74. The van der Waals surface area contributed by atoms with Crippen LogP contribution < -0.4 is 5.32 Å². The molecule has 21 heavy (non-hydrogen) atoms. The molecule has 1 aromatic carbocycles. The molecule has 0 saturated carbocycles. The lowest BCUT2D eigenvalue weighted by molar-refractivity contribution is 0.0983. The molecule has 0 atom stereocenters. The fourth-order valence-electron chi connectivity index (χ4n) is 2.37. The van der Waals surface area contributed by atoms with Crippen LogP contribution in [0, 0.1) is 11.3 Å². The Hall–Kier alpha value is -1.74. The van der Waals surface area contributed by atoms with Crippen molar-refractivity contribution in [2.24, 2.45) is 0 Å². The van der Waals surface area contributed by atoms with Gasteiger partial charge in [0.1, 0.15) is 6.07 Å². The maximum atomic E-state index is 11.6. The van der Waals surface area contributed by atoms with E-state index in [9.17, 15) is 4.79 Å². The average Bonchev–Trinajstić information content (AvgIpc) is 2.48. The molecule has 0 aromatic heterocycles. The Balaban J connectivity index is 1.94. The van der Waals surface area contributed by atoms with Crippen molar-refractivity contribution in [2.75, 3.05) is 25.0 Å². The molecular weight excluding hydrogens is 334 g/mol. The van der Waals surface area contributed by atoms with Crippen LogP contribution in [0.15, 0.2) is 22.7 Å². The Morgan fingerprint density at radius 3 is 2.86 bits per heavy atom. The van der Waals surface area contributed by atoms with E-state index in [1.165, 1.54) is 0 Å². The van der Waals surface area contributed by atoms with Gasteiger partial charge in [0.05, 0.1) is 17.9 Å². The van der Waals surface area contributed by atoms with Gasteiger partial charge < -0.3 is 15.0 Å². The molecule has 1 saturated heterocycles. The SMILES string of the molecule is CCOC(=O)N1CCC(Nc2cc(Br)ccc2C#N)CC1. The molecule has 1 aliphatic rings.